The molecule has 0 radical (unpaired) electrons. The number of ketones is 1. The van der Waals surface area contributed by atoms with Gasteiger partial charge >= 0.3 is 0 Å². The SMILES string of the molecule is CCCC[C@@H](C(=O)NCC)c1c(C(=O)C(C)(C)C)sc2ccc(F)cc12. The molecule has 5 heteroatoms. The summed E-state index contributed by atoms with van der Waals surface area (Å²) in [5.74, 6) is -0.879. The Morgan fingerprint density at radius 1 is 1.23 bits per heavy atom. The van der Waals surface area contributed by atoms with Gasteiger partial charge in [-0.25, -0.2) is 4.39 Å². The molecule has 26 heavy (non-hydrogen) atoms. The molecule has 2 rings (SSSR count). The van der Waals surface area contributed by atoms with Crippen LogP contribution in [0.15, 0.2) is 18.2 Å². The lowest BCUT2D eigenvalue weighted by Gasteiger charge is -2.21. The van der Waals surface area contributed by atoms with Crippen LogP contribution >= 0.6 is 11.3 Å². The Morgan fingerprint density at radius 3 is 2.50 bits per heavy atom. The molecule has 0 aliphatic carbocycles. The number of carbonyl (C=O) groups is 2. The number of halogens is 1. The summed E-state index contributed by atoms with van der Waals surface area (Å²) >= 11 is 1.37. The van der Waals surface area contributed by atoms with Gasteiger partial charge in [-0.2, -0.15) is 0 Å². The van der Waals surface area contributed by atoms with Crippen molar-refractivity contribution in [3.63, 3.8) is 0 Å². The number of carbonyl (C=O) groups excluding carboxylic acids is 2. The molecule has 0 aliphatic rings. The highest BCUT2D eigenvalue weighted by molar-refractivity contribution is 7.21. The van der Waals surface area contributed by atoms with Gasteiger partial charge in [0, 0.05) is 22.0 Å². The number of rotatable bonds is 7. The number of thiophene rings is 1. The predicted molar refractivity (Wildman–Crippen MR) is 107 cm³/mol. The van der Waals surface area contributed by atoms with Crippen molar-refractivity contribution in [2.45, 2.75) is 59.8 Å². The van der Waals surface area contributed by atoms with Crippen LogP contribution in [-0.4, -0.2) is 18.2 Å². The van der Waals surface area contributed by atoms with E-state index in [-0.39, 0.29) is 17.5 Å². The molecule has 1 heterocycles. The average Bonchev–Trinajstić information content (AvgIpc) is 2.92. The molecule has 2 aromatic rings. The minimum atomic E-state index is -0.565. The number of nitrogens with one attached hydrogen (secondary N) is 1. The first-order valence-electron chi connectivity index (χ1n) is 9.25. The van der Waals surface area contributed by atoms with E-state index < -0.39 is 11.3 Å². The monoisotopic (exact) mass is 377 g/mol. The molecular weight excluding hydrogens is 349 g/mol. The summed E-state index contributed by atoms with van der Waals surface area (Å²) in [4.78, 5) is 26.5. The molecule has 0 aliphatic heterocycles. The van der Waals surface area contributed by atoms with Crippen molar-refractivity contribution in [3.8, 4) is 0 Å². The van der Waals surface area contributed by atoms with Crippen molar-refractivity contribution in [1.82, 2.24) is 5.32 Å². The van der Waals surface area contributed by atoms with Crippen LogP contribution < -0.4 is 5.32 Å². The Labute approximate surface area is 159 Å². The van der Waals surface area contributed by atoms with Gasteiger partial charge in [-0.05, 0) is 37.1 Å². The summed E-state index contributed by atoms with van der Waals surface area (Å²) in [6.45, 7) is 10.1. The van der Waals surface area contributed by atoms with Crippen molar-refractivity contribution in [1.29, 1.82) is 0 Å². The van der Waals surface area contributed by atoms with Gasteiger partial charge in [-0.3, -0.25) is 9.59 Å². The summed E-state index contributed by atoms with van der Waals surface area (Å²) in [5.41, 5.74) is 0.133. The number of likely N-dealkylation sites (N-methyl/N-ethyl adjacent to an activating group) is 1. The standard InChI is InChI=1S/C21H28FNO2S/c1-6-8-9-14(20(25)23-7-2)17-15-12-13(22)10-11-16(15)26-18(17)19(24)21(3,4)5/h10-12,14H,6-9H2,1-5H3,(H,23,25)/t14-/m1/s1. The Bertz CT molecular complexity index is 804. The van der Waals surface area contributed by atoms with Gasteiger partial charge in [-0.15, -0.1) is 11.3 Å². The first-order valence-corrected chi connectivity index (χ1v) is 10.1. The minimum absolute atomic E-state index is 0.0000879. The zero-order valence-electron chi connectivity index (χ0n) is 16.2. The number of amides is 1. The van der Waals surface area contributed by atoms with Crippen LogP contribution in [0.4, 0.5) is 4.39 Å². The second kappa shape index (κ2) is 8.30. The van der Waals surface area contributed by atoms with Crippen molar-refractivity contribution in [2.75, 3.05) is 6.54 Å². The van der Waals surface area contributed by atoms with Crippen LogP contribution in [0.2, 0.25) is 0 Å². The number of fused-ring (bicyclic) bond motifs is 1. The molecule has 1 aromatic heterocycles. The Morgan fingerprint density at radius 2 is 1.92 bits per heavy atom. The van der Waals surface area contributed by atoms with Gasteiger partial charge in [-0.1, -0.05) is 40.5 Å². The number of Topliss-reactive ketones (excluding diaryl/α,β-unsaturated/α-hetero) is 1. The maximum atomic E-state index is 13.9. The van der Waals surface area contributed by atoms with Gasteiger partial charge < -0.3 is 5.32 Å². The van der Waals surface area contributed by atoms with E-state index in [2.05, 4.69) is 12.2 Å². The normalized spacial score (nSPS) is 13.0. The van der Waals surface area contributed by atoms with Crippen LogP contribution in [0.25, 0.3) is 10.1 Å². The molecule has 0 saturated heterocycles. The molecule has 0 fully saturated rings. The summed E-state index contributed by atoms with van der Waals surface area (Å²) in [6, 6.07) is 4.56. The van der Waals surface area contributed by atoms with E-state index in [0.29, 0.717) is 28.8 Å². The smallest absolute Gasteiger partial charge is 0.227 e. The molecule has 0 saturated carbocycles. The van der Waals surface area contributed by atoms with Gasteiger partial charge in [0.1, 0.15) is 5.82 Å². The fraction of sp³-hybridized carbons (Fsp3) is 0.524. The lowest BCUT2D eigenvalue weighted by molar-refractivity contribution is -0.122. The fourth-order valence-corrected chi connectivity index (χ4v) is 4.45. The third-order valence-electron chi connectivity index (χ3n) is 4.44. The average molecular weight is 378 g/mol. The molecule has 0 unspecified atom stereocenters. The highest BCUT2D eigenvalue weighted by Gasteiger charge is 2.33. The maximum absolute atomic E-state index is 13.9. The molecule has 3 nitrogen and oxygen atoms in total. The van der Waals surface area contributed by atoms with Crippen LogP contribution in [0.3, 0.4) is 0 Å². The maximum Gasteiger partial charge on any atom is 0.227 e. The number of unbranched alkanes of at least 4 members (excludes halogenated alkanes) is 1. The third kappa shape index (κ3) is 4.32. The van der Waals surface area contributed by atoms with E-state index in [1.807, 2.05) is 27.7 Å². The molecule has 1 aromatic carbocycles. The summed E-state index contributed by atoms with van der Waals surface area (Å²) in [6.07, 6.45) is 2.47. The lowest BCUT2D eigenvalue weighted by atomic mass is 9.84. The van der Waals surface area contributed by atoms with Crippen molar-refractivity contribution in [3.05, 3.63) is 34.5 Å². The topological polar surface area (TPSA) is 46.2 Å². The van der Waals surface area contributed by atoms with E-state index in [1.165, 1.54) is 23.5 Å². The van der Waals surface area contributed by atoms with Crippen molar-refractivity contribution in [2.24, 2.45) is 5.41 Å². The van der Waals surface area contributed by atoms with E-state index in [1.54, 1.807) is 6.07 Å². The molecule has 1 atom stereocenters. The summed E-state index contributed by atoms with van der Waals surface area (Å²) < 4.78 is 14.8. The summed E-state index contributed by atoms with van der Waals surface area (Å²) in [5, 5.41) is 3.58. The van der Waals surface area contributed by atoms with Crippen molar-refractivity contribution < 1.29 is 14.0 Å². The van der Waals surface area contributed by atoms with Crippen LogP contribution in [0, 0.1) is 11.2 Å². The number of hydrogen-bond donors (Lipinski definition) is 1. The van der Waals surface area contributed by atoms with Crippen LogP contribution in [0.1, 0.15) is 75.0 Å². The Balaban J connectivity index is 2.71. The second-order valence-corrected chi connectivity index (χ2v) is 8.71. The molecular formula is C21H28FNO2S. The second-order valence-electron chi connectivity index (χ2n) is 7.65. The minimum Gasteiger partial charge on any atom is -0.356 e. The first kappa shape index (κ1) is 20.6. The van der Waals surface area contributed by atoms with Gasteiger partial charge in [0.05, 0.1) is 10.8 Å². The molecule has 0 spiro atoms. The zero-order chi connectivity index (χ0) is 19.5. The fourth-order valence-electron chi connectivity index (χ4n) is 3.06. The number of benzene rings is 1. The zero-order valence-corrected chi connectivity index (χ0v) is 17.1. The number of hydrogen-bond acceptors (Lipinski definition) is 3. The van der Waals surface area contributed by atoms with Crippen molar-refractivity contribution >= 4 is 33.1 Å². The van der Waals surface area contributed by atoms with Gasteiger partial charge in [0.15, 0.2) is 5.78 Å². The Kier molecular flexibility index (Phi) is 6.56. The Hall–Kier alpha value is -1.75. The molecule has 142 valence electrons. The quantitative estimate of drug-likeness (QED) is 0.631. The van der Waals surface area contributed by atoms with Crippen LogP contribution in [0.5, 0.6) is 0 Å². The largest absolute Gasteiger partial charge is 0.356 e. The molecule has 0 bridgehead atoms. The van der Waals surface area contributed by atoms with Crippen LogP contribution in [-0.2, 0) is 4.79 Å². The van der Waals surface area contributed by atoms with Gasteiger partial charge in [0.2, 0.25) is 5.91 Å². The van der Waals surface area contributed by atoms with E-state index in [0.717, 1.165) is 17.5 Å². The highest BCUT2D eigenvalue weighted by atomic mass is 32.1. The molecule has 1 N–H and O–H groups in total. The van der Waals surface area contributed by atoms with E-state index >= 15 is 0 Å². The van der Waals surface area contributed by atoms with E-state index in [4.69, 9.17) is 0 Å². The lowest BCUT2D eigenvalue weighted by Crippen LogP contribution is -2.30. The van der Waals surface area contributed by atoms with E-state index in [9.17, 15) is 14.0 Å². The first-order chi connectivity index (χ1) is 12.2. The summed E-state index contributed by atoms with van der Waals surface area (Å²) in [7, 11) is 0. The molecule has 1 amide bonds. The van der Waals surface area contributed by atoms with Gasteiger partial charge in [0.25, 0.3) is 0 Å². The third-order valence-corrected chi connectivity index (χ3v) is 5.62. The predicted octanol–water partition coefficient (Wildman–Crippen LogP) is 5.68. The highest BCUT2D eigenvalue weighted by Crippen LogP contribution is 2.41.